The number of nitrogens with one attached hydrogen (secondary N) is 1. The van der Waals surface area contributed by atoms with Gasteiger partial charge in [0.2, 0.25) is 5.91 Å². The Hall–Kier alpha value is -0.830. The average Bonchev–Trinajstić information content (AvgIpc) is 2.69. The minimum Gasteiger partial charge on any atom is -0.334 e. The van der Waals surface area contributed by atoms with E-state index in [0.29, 0.717) is 23.9 Å². The zero-order chi connectivity index (χ0) is 21.0. The van der Waals surface area contributed by atoms with Crippen molar-refractivity contribution in [1.29, 1.82) is 0 Å². The molecule has 1 N–H and O–H groups in total. The number of nitrogens with zero attached hydrogens (tertiary/aromatic N) is 2. The normalized spacial score (nSPS) is 20.6. The Morgan fingerprint density at radius 2 is 1.83 bits per heavy atom. The summed E-state index contributed by atoms with van der Waals surface area (Å²) in [6.45, 7) is 4.29. The molecule has 0 atom stereocenters. The Kier molecular flexibility index (Phi) is 7.87. The van der Waals surface area contributed by atoms with E-state index in [1.54, 1.807) is 6.07 Å². The maximum absolute atomic E-state index is 13.7. The van der Waals surface area contributed by atoms with E-state index >= 15 is 0 Å². The molecule has 0 spiro atoms. The van der Waals surface area contributed by atoms with Crippen molar-refractivity contribution in [3.8, 4) is 0 Å². The number of benzene rings is 1. The second-order valence-corrected chi connectivity index (χ2v) is 14.8. The lowest BCUT2D eigenvalue weighted by atomic mass is 10.0. The molecule has 1 amide bonds. The number of amides is 1. The fourth-order valence-electron chi connectivity index (χ4n) is 4.30. The van der Waals surface area contributed by atoms with Crippen LogP contribution in [-0.2, 0) is 11.3 Å². The van der Waals surface area contributed by atoms with Crippen molar-refractivity contribution in [2.75, 3.05) is 45.2 Å². The van der Waals surface area contributed by atoms with Gasteiger partial charge in [0, 0.05) is 12.6 Å². The van der Waals surface area contributed by atoms with Crippen LogP contribution in [0.15, 0.2) is 18.2 Å². The van der Waals surface area contributed by atoms with Gasteiger partial charge in [0.1, 0.15) is 0 Å². The lowest BCUT2D eigenvalue weighted by Gasteiger charge is -2.42. The number of halogens is 2. The highest BCUT2D eigenvalue weighted by Gasteiger charge is 2.30. The number of thiol groups is 1. The maximum atomic E-state index is 13.7. The van der Waals surface area contributed by atoms with Crippen LogP contribution in [-0.4, -0.2) is 72.2 Å². The number of hydrogen-bond acceptors (Lipinski definition) is 4. The van der Waals surface area contributed by atoms with Crippen LogP contribution in [0.5, 0.6) is 0 Å². The van der Waals surface area contributed by atoms with Gasteiger partial charge in [0.15, 0.2) is 11.6 Å². The predicted molar refractivity (Wildman–Crippen MR) is 121 cm³/mol. The summed E-state index contributed by atoms with van der Waals surface area (Å²) in [6, 6.07) is 4.06. The Bertz CT molecular complexity index is 700. The van der Waals surface area contributed by atoms with Crippen LogP contribution in [0.4, 0.5) is 8.78 Å². The Morgan fingerprint density at radius 1 is 1.17 bits per heavy atom. The quantitative estimate of drug-likeness (QED) is 0.520. The van der Waals surface area contributed by atoms with E-state index in [0.717, 1.165) is 57.9 Å². The zero-order valence-corrected chi connectivity index (χ0v) is 19.1. The molecule has 0 radical (unpaired) electrons. The third-order valence-electron chi connectivity index (χ3n) is 6.12. The lowest BCUT2D eigenvalue weighted by Crippen LogP contribution is -2.50. The van der Waals surface area contributed by atoms with Crippen molar-refractivity contribution in [2.45, 2.75) is 43.5 Å². The molecular formula is C21H33F2N3OS2. The smallest absolute Gasteiger partial charge is 0.237 e. The molecule has 2 aliphatic rings. The molecule has 0 bridgehead atoms. The summed E-state index contributed by atoms with van der Waals surface area (Å²) in [5.41, 5.74) is 0.634. The van der Waals surface area contributed by atoms with E-state index in [4.69, 9.17) is 11.7 Å². The molecule has 29 heavy (non-hydrogen) atoms. The highest BCUT2D eigenvalue weighted by atomic mass is 33.1. The van der Waals surface area contributed by atoms with Crippen molar-refractivity contribution >= 4 is 26.6 Å². The van der Waals surface area contributed by atoms with Gasteiger partial charge in [-0.3, -0.25) is 9.69 Å². The van der Waals surface area contributed by atoms with Gasteiger partial charge in [-0.15, -0.1) is 11.7 Å². The van der Waals surface area contributed by atoms with Gasteiger partial charge in [0.05, 0.1) is 6.54 Å². The standard InChI is InChI=1S/C21H33F2N3OS2/c1-29(2,28)18-7-11-25(12-8-18)15-21(27)26(17-5-9-24-10-6-17)14-16-3-4-19(22)20(23)13-16/h3-4,13,17-18,24,28H,5-12,14-15H2,1-2H3. The van der Waals surface area contributed by atoms with Crippen LogP contribution in [0.2, 0.25) is 0 Å². The van der Waals surface area contributed by atoms with E-state index in [-0.39, 0.29) is 11.9 Å². The molecule has 1 aromatic carbocycles. The van der Waals surface area contributed by atoms with E-state index in [9.17, 15) is 13.6 Å². The topological polar surface area (TPSA) is 35.6 Å². The van der Waals surface area contributed by atoms with Crippen molar-refractivity contribution in [2.24, 2.45) is 0 Å². The second kappa shape index (κ2) is 9.98. The Morgan fingerprint density at radius 3 is 2.41 bits per heavy atom. The molecule has 164 valence electrons. The summed E-state index contributed by atoms with van der Waals surface area (Å²) >= 11 is 4.80. The SMILES string of the molecule is CS(C)(S)C1CCN(CC(=O)N(Cc2ccc(F)c(F)c2)C2CCNCC2)CC1. The van der Waals surface area contributed by atoms with Gasteiger partial charge in [-0.2, -0.15) is 9.06 Å². The fraction of sp³-hybridized carbons (Fsp3) is 0.667. The Balaban J connectivity index is 1.65. The molecule has 0 saturated carbocycles. The van der Waals surface area contributed by atoms with Crippen LogP contribution in [0.1, 0.15) is 31.2 Å². The summed E-state index contributed by atoms with van der Waals surface area (Å²) in [7, 11) is -0.860. The number of carbonyl (C=O) groups excluding carboxylic acids is 1. The molecule has 0 aliphatic carbocycles. The molecule has 2 aliphatic heterocycles. The first-order valence-corrected chi connectivity index (χ1v) is 13.9. The number of carbonyl (C=O) groups is 1. The van der Waals surface area contributed by atoms with Crippen LogP contribution >= 0.6 is 20.7 Å². The molecule has 3 rings (SSSR count). The van der Waals surface area contributed by atoms with Crippen LogP contribution in [0.3, 0.4) is 0 Å². The first kappa shape index (κ1) is 22.8. The third kappa shape index (κ3) is 6.32. The molecule has 4 nitrogen and oxygen atoms in total. The number of piperidine rings is 2. The summed E-state index contributed by atoms with van der Waals surface area (Å²) in [4.78, 5) is 17.3. The summed E-state index contributed by atoms with van der Waals surface area (Å²) in [5, 5.41) is 3.97. The lowest BCUT2D eigenvalue weighted by molar-refractivity contribution is -0.136. The van der Waals surface area contributed by atoms with Crippen LogP contribution < -0.4 is 5.32 Å². The second-order valence-electron chi connectivity index (χ2n) is 8.58. The van der Waals surface area contributed by atoms with Crippen LogP contribution in [0.25, 0.3) is 0 Å². The Labute approximate surface area is 179 Å². The molecule has 8 heteroatoms. The van der Waals surface area contributed by atoms with Gasteiger partial charge in [-0.25, -0.2) is 8.78 Å². The first-order chi connectivity index (χ1) is 13.7. The van der Waals surface area contributed by atoms with E-state index in [1.165, 1.54) is 6.07 Å². The van der Waals surface area contributed by atoms with E-state index in [1.807, 2.05) is 4.90 Å². The minimum absolute atomic E-state index is 0.0811. The van der Waals surface area contributed by atoms with Gasteiger partial charge < -0.3 is 10.2 Å². The molecule has 2 heterocycles. The predicted octanol–water partition coefficient (Wildman–Crippen LogP) is 3.42. The van der Waals surface area contributed by atoms with Gasteiger partial charge in [-0.05, 0) is 87.3 Å². The van der Waals surface area contributed by atoms with E-state index in [2.05, 4.69) is 22.7 Å². The van der Waals surface area contributed by atoms with Gasteiger partial charge in [-0.1, -0.05) is 6.07 Å². The van der Waals surface area contributed by atoms with Gasteiger partial charge >= 0.3 is 0 Å². The molecule has 1 aromatic rings. The summed E-state index contributed by atoms with van der Waals surface area (Å²) in [6.07, 6.45) is 8.40. The third-order valence-corrected chi connectivity index (χ3v) is 9.11. The maximum Gasteiger partial charge on any atom is 0.237 e. The number of rotatable bonds is 6. The molecule has 2 saturated heterocycles. The molecule has 2 fully saturated rings. The van der Waals surface area contributed by atoms with Crippen molar-refractivity contribution in [1.82, 2.24) is 15.1 Å². The largest absolute Gasteiger partial charge is 0.334 e. The average molecular weight is 446 g/mol. The summed E-state index contributed by atoms with van der Waals surface area (Å²) in [5.74, 6) is -1.64. The zero-order valence-electron chi connectivity index (χ0n) is 17.4. The summed E-state index contributed by atoms with van der Waals surface area (Å²) < 4.78 is 27.0. The highest BCUT2D eigenvalue weighted by molar-refractivity contribution is 8.87. The van der Waals surface area contributed by atoms with E-state index < -0.39 is 20.7 Å². The highest BCUT2D eigenvalue weighted by Crippen LogP contribution is 2.53. The van der Waals surface area contributed by atoms with Crippen molar-refractivity contribution in [3.05, 3.63) is 35.4 Å². The van der Waals surface area contributed by atoms with Gasteiger partial charge in [0.25, 0.3) is 0 Å². The van der Waals surface area contributed by atoms with Crippen molar-refractivity contribution in [3.63, 3.8) is 0 Å². The number of likely N-dealkylation sites (tertiary alicyclic amines) is 1. The minimum atomic E-state index is -0.862. The number of hydrogen-bond donors (Lipinski definition) is 2. The fourth-order valence-corrected chi connectivity index (χ4v) is 6.30. The molecule has 0 unspecified atom stereocenters. The monoisotopic (exact) mass is 445 g/mol. The first-order valence-electron chi connectivity index (χ1n) is 10.3. The van der Waals surface area contributed by atoms with Crippen LogP contribution in [0, 0.1) is 11.6 Å². The molecular weight excluding hydrogens is 412 g/mol. The molecule has 0 aromatic heterocycles. The van der Waals surface area contributed by atoms with Crippen molar-refractivity contribution < 1.29 is 13.6 Å².